The monoisotopic (exact) mass is 587 g/mol. The molecule has 44 heavy (non-hydrogen) atoms. The van der Waals surface area contributed by atoms with Gasteiger partial charge >= 0.3 is 11.9 Å². The van der Waals surface area contributed by atoms with E-state index < -0.39 is 17.7 Å². The van der Waals surface area contributed by atoms with E-state index in [4.69, 9.17) is 4.74 Å². The topological polar surface area (TPSA) is 136 Å². The van der Waals surface area contributed by atoms with Crippen LogP contribution in [0, 0.1) is 6.92 Å². The van der Waals surface area contributed by atoms with Crippen molar-refractivity contribution in [3.05, 3.63) is 125 Å². The number of ketones is 1. The summed E-state index contributed by atoms with van der Waals surface area (Å²) in [6.45, 7) is 6.34. The molecule has 0 spiro atoms. The van der Waals surface area contributed by atoms with E-state index in [-0.39, 0.29) is 23.2 Å². The zero-order valence-electron chi connectivity index (χ0n) is 24.3. The first-order valence-electron chi connectivity index (χ1n) is 14.1. The zero-order valence-corrected chi connectivity index (χ0v) is 24.3. The summed E-state index contributed by atoms with van der Waals surface area (Å²) < 4.78 is 7.52. The summed E-state index contributed by atoms with van der Waals surface area (Å²) in [5.41, 5.74) is 3.69. The third kappa shape index (κ3) is 5.54. The number of aryl methyl sites for hydroxylation is 1. The molecular formula is C33H29N7O4. The van der Waals surface area contributed by atoms with Gasteiger partial charge in [0.1, 0.15) is 11.5 Å². The average molecular weight is 588 g/mol. The minimum atomic E-state index is -0.964. The Hall–Kier alpha value is -5.71. The van der Waals surface area contributed by atoms with Crippen LogP contribution in [0.3, 0.4) is 0 Å². The number of tetrazole rings is 1. The number of amides is 1. The molecule has 1 aliphatic heterocycles. The van der Waals surface area contributed by atoms with E-state index >= 15 is 0 Å². The normalized spacial score (nSPS) is 16.1. The molecule has 1 amide bonds. The summed E-state index contributed by atoms with van der Waals surface area (Å²) in [4.78, 5) is 28.2. The van der Waals surface area contributed by atoms with Gasteiger partial charge in [-0.2, -0.15) is 9.78 Å². The van der Waals surface area contributed by atoms with Crippen molar-refractivity contribution in [2.45, 2.75) is 39.3 Å². The molecule has 11 heteroatoms. The SMILES string of the molecule is Cc1ccc(N2C(=O)C(=O)C(=C(O)c3ccc(C(C)C)cc3)C2c2ccc(Oc3nnnn3Cc3ccccc3)cc2)nn1. The number of ether oxygens (including phenoxy) is 1. The van der Waals surface area contributed by atoms with Crippen LogP contribution in [-0.2, 0) is 16.1 Å². The summed E-state index contributed by atoms with van der Waals surface area (Å²) in [6, 6.07) is 26.4. The Morgan fingerprint density at radius 3 is 2.27 bits per heavy atom. The smallest absolute Gasteiger partial charge is 0.341 e. The summed E-state index contributed by atoms with van der Waals surface area (Å²) in [6.07, 6.45) is 0. The molecule has 1 saturated heterocycles. The molecule has 1 fully saturated rings. The molecule has 0 bridgehead atoms. The van der Waals surface area contributed by atoms with Crippen molar-refractivity contribution in [1.82, 2.24) is 30.4 Å². The van der Waals surface area contributed by atoms with E-state index in [1.807, 2.05) is 42.5 Å². The number of nitrogens with zero attached hydrogens (tertiary/aromatic N) is 7. The maximum Gasteiger partial charge on any atom is 0.341 e. The molecule has 2 aromatic heterocycles. The minimum Gasteiger partial charge on any atom is -0.507 e. The van der Waals surface area contributed by atoms with Gasteiger partial charge in [-0.15, -0.1) is 5.10 Å². The number of carbonyl (C=O) groups excluding carboxylic acids is 2. The highest BCUT2D eigenvalue weighted by Crippen LogP contribution is 2.42. The summed E-state index contributed by atoms with van der Waals surface area (Å²) in [5, 5.41) is 31.5. The largest absolute Gasteiger partial charge is 0.507 e. The lowest BCUT2D eigenvalue weighted by Crippen LogP contribution is -2.30. The number of Topliss-reactive ketones (excluding diaryl/α,β-unsaturated/α-hetero) is 1. The van der Waals surface area contributed by atoms with Gasteiger partial charge in [-0.25, -0.2) is 0 Å². The van der Waals surface area contributed by atoms with Crippen LogP contribution in [0.15, 0.2) is 96.6 Å². The standard InChI is InChI=1S/C33H29N7O4/c1-20(2)23-10-12-25(13-11-23)30(41)28-29(40(32(43)31(28)42)27-18-9-21(3)34-35-27)24-14-16-26(17-15-24)44-33-36-37-38-39(33)19-22-7-5-4-6-8-22/h4-18,20,29,41H,19H2,1-3H3. The van der Waals surface area contributed by atoms with E-state index in [2.05, 4.69) is 39.6 Å². The van der Waals surface area contributed by atoms with Crippen LogP contribution in [0.2, 0.25) is 0 Å². The highest BCUT2D eigenvalue weighted by molar-refractivity contribution is 6.51. The number of aliphatic hydroxyl groups excluding tert-OH is 1. The Balaban J connectivity index is 1.36. The molecule has 11 nitrogen and oxygen atoms in total. The third-order valence-electron chi connectivity index (χ3n) is 7.41. The molecular weight excluding hydrogens is 558 g/mol. The Labute approximate surface area is 253 Å². The predicted molar refractivity (Wildman–Crippen MR) is 162 cm³/mol. The molecule has 0 saturated carbocycles. The van der Waals surface area contributed by atoms with E-state index in [1.54, 1.807) is 60.1 Å². The van der Waals surface area contributed by atoms with Gasteiger partial charge in [0.25, 0.3) is 5.78 Å². The number of rotatable bonds is 8. The second kappa shape index (κ2) is 11.9. The Morgan fingerprint density at radius 1 is 0.886 bits per heavy atom. The number of hydrogen-bond acceptors (Lipinski definition) is 9. The van der Waals surface area contributed by atoms with Crippen LogP contribution in [0.4, 0.5) is 5.82 Å². The fraction of sp³-hybridized carbons (Fsp3) is 0.182. The van der Waals surface area contributed by atoms with Crippen LogP contribution in [0.5, 0.6) is 11.8 Å². The first-order valence-corrected chi connectivity index (χ1v) is 14.1. The summed E-state index contributed by atoms with van der Waals surface area (Å²) >= 11 is 0. The highest BCUT2D eigenvalue weighted by atomic mass is 16.5. The number of anilines is 1. The molecule has 1 N–H and O–H groups in total. The van der Waals surface area contributed by atoms with Gasteiger partial charge in [0.15, 0.2) is 5.82 Å². The molecule has 5 aromatic rings. The molecule has 3 heterocycles. The Bertz CT molecular complexity index is 1830. The summed E-state index contributed by atoms with van der Waals surface area (Å²) in [7, 11) is 0. The van der Waals surface area contributed by atoms with Crippen molar-refractivity contribution >= 4 is 23.3 Å². The lowest BCUT2D eigenvalue weighted by molar-refractivity contribution is -0.132. The van der Waals surface area contributed by atoms with Gasteiger partial charge in [0.2, 0.25) is 0 Å². The van der Waals surface area contributed by atoms with Crippen LogP contribution >= 0.6 is 0 Å². The van der Waals surface area contributed by atoms with Crippen LogP contribution in [0.25, 0.3) is 5.76 Å². The molecule has 0 radical (unpaired) electrons. The molecule has 6 rings (SSSR count). The van der Waals surface area contributed by atoms with Gasteiger partial charge in [0.05, 0.1) is 23.9 Å². The zero-order chi connectivity index (χ0) is 30.8. The van der Waals surface area contributed by atoms with Crippen LogP contribution in [-0.4, -0.2) is 47.2 Å². The molecule has 1 unspecified atom stereocenters. The van der Waals surface area contributed by atoms with Crippen molar-refractivity contribution in [2.24, 2.45) is 0 Å². The van der Waals surface area contributed by atoms with Gasteiger partial charge < -0.3 is 9.84 Å². The fourth-order valence-corrected chi connectivity index (χ4v) is 5.03. The van der Waals surface area contributed by atoms with Gasteiger partial charge in [-0.1, -0.05) is 85.7 Å². The third-order valence-corrected chi connectivity index (χ3v) is 7.41. The van der Waals surface area contributed by atoms with E-state index in [0.29, 0.717) is 35.0 Å². The maximum absolute atomic E-state index is 13.5. The van der Waals surface area contributed by atoms with Gasteiger partial charge in [0, 0.05) is 5.56 Å². The number of carbonyl (C=O) groups is 2. The molecule has 1 aliphatic rings. The van der Waals surface area contributed by atoms with Crippen molar-refractivity contribution < 1.29 is 19.4 Å². The first kappa shape index (κ1) is 28.4. The van der Waals surface area contributed by atoms with Crippen LogP contribution in [0.1, 0.15) is 53.8 Å². The summed E-state index contributed by atoms with van der Waals surface area (Å²) in [5.74, 6) is -0.976. The highest BCUT2D eigenvalue weighted by Gasteiger charge is 2.47. The van der Waals surface area contributed by atoms with E-state index in [1.165, 1.54) is 4.90 Å². The number of aromatic nitrogens is 6. The molecule has 220 valence electrons. The number of aliphatic hydroxyl groups is 1. The Morgan fingerprint density at radius 2 is 1.61 bits per heavy atom. The van der Waals surface area contributed by atoms with Crippen LogP contribution < -0.4 is 9.64 Å². The number of hydrogen-bond donors (Lipinski definition) is 1. The molecule has 1 atom stereocenters. The quantitative estimate of drug-likeness (QED) is 0.144. The van der Waals surface area contributed by atoms with Crippen molar-refractivity contribution in [3.63, 3.8) is 0 Å². The molecule has 0 aliphatic carbocycles. The maximum atomic E-state index is 13.5. The van der Waals surface area contributed by atoms with E-state index in [9.17, 15) is 14.7 Å². The van der Waals surface area contributed by atoms with Gasteiger partial charge in [-0.3, -0.25) is 14.5 Å². The van der Waals surface area contributed by atoms with Crippen molar-refractivity contribution in [2.75, 3.05) is 4.90 Å². The molecule has 3 aromatic carbocycles. The van der Waals surface area contributed by atoms with Crippen molar-refractivity contribution in [3.8, 4) is 11.8 Å². The minimum absolute atomic E-state index is 0.0462. The lowest BCUT2D eigenvalue weighted by Gasteiger charge is -2.24. The fourth-order valence-electron chi connectivity index (χ4n) is 5.03. The number of benzene rings is 3. The average Bonchev–Trinajstić information content (AvgIpc) is 3.58. The predicted octanol–water partition coefficient (Wildman–Crippen LogP) is 5.36. The van der Waals surface area contributed by atoms with Crippen molar-refractivity contribution in [1.29, 1.82) is 0 Å². The second-order valence-corrected chi connectivity index (χ2v) is 10.8. The Kier molecular flexibility index (Phi) is 7.67. The second-order valence-electron chi connectivity index (χ2n) is 10.8. The van der Waals surface area contributed by atoms with Gasteiger partial charge in [-0.05, 0) is 64.2 Å². The van der Waals surface area contributed by atoms with E-state index in [0.717, 1.165) is 11.1 Å². The first-order chi connectivity index (χ1) is 21.3. The lowest BCUT2D eigenvalue weighted by atomic mass is 9.94.